The fourth-order valence-corrected chi connectivity index (χ4v) is 1.98. The maximum Gasteiger partial charge on any atom is 0.305 e. The van der Waals surface area contributed by atoms with Crippen LogP contribution in [0.1, 0.15) is 36.0 Å². The summed E-state index contributed by atoms with van der Waals surface area (Å²) in [6.07, 6.45) is 1.51. The molecule has 0 heterocycles. The Morgan fingerprint density at radius 3 is 2.52 bits per heavy atom. The van der Waals surface area contributed by atoms with E-state index in [0.717, 1.165) is 0 Å². The molecule has 7 N–H and O–H groups in total. The van der Waals surface area contributed by atoms with Crippen molar-refractivity contribution in [2.45, 2.75) is 25.7 Å². The Kier molecular flexibility index (Phi) is 8.48. The van der Waals surface area contributed by atoms with Gasteiger partial charge in [0, 0.05) is 30.8 Å². The first-order valence-electron chi connectivity index (χ1n) is 7.86. The molecule has 1 aromatic rings. The normalized spacial score (nSPS) is 9.92. The van der Waals surface area contributed by atoms with Crippen LogP contribution in [-0.4, -0.2) is 41.9 Å². The van der Waals surface area contributed by atoms with E-state index in [1.54, 1.807) is 18.2 Å². The highest BCUT2D eigenvalue weighted by molar-refractivity contribution is 5.97. The third kappa shape index (κ3) is 8.94. The molecule has 0 aromatic heterocycles. The van der Waals surface area contributed by atoms with Crippen LogP contribution in [0.5, 0.6) is 0 Å². The Balaban J connectivity index is 2.41. The molecule has 0 unspecified atom stereocenters. The molecule has 2 amide bonds. The maximum absolute atomic E-state index is 11.9. The van der Waals surface area contributed by atoms with Crippen molar-refractivity contribution in [2.75, 3.05) is 18.4 Å². The van der Waals surface area contributed by atoms with Gasteiger partial charge in [-0.25, -0.2) is 0 Å². The van der Waals surface area contributed by atoms with Crippen molar-refractivity contribution >= 4 is 29.4 Å². The summed E-state index contributed by atoms with van der Waals surface area (Å²) in [4.78, 5) is 34.2. The summed E-state index contributed by atoms with van der Waals surface area (Å²) in [5, 5.41) is 23.4. The van der Waals surface area contributed by atoms with E-state index < -0.39 is 11.9 Å². The molecule has 0 radical (unpaired) electrons. The number of guanidine groups is 1. The monoisotopic (exact) mass is 349 g/mol. The van der Waals surface area contributed by atoms with Crippen molar-refractivity contribution in [1.29, 1.82) is 5.41 Å². The number of benzene rings is 1. The number of amides is 2. The molecular weight excluding hydrogens is 326 g/mol. The average molecular weight is 349 g/mol. The van der Waals surface area contributed by atoms with Crippen molar-refractivity contribution in [3.63, 3.8) is 0 Å². The lowest BCUT2D eigenvalue weighted by molar-refractivity contribution is -0.136. The molecule has 0 atom stereocenters. The van der Waals surface area contributed by atoms with E-state index in [4.69, 9.17) is 16.2 Å². The van der Waals surface area contributed by atoms with Crippen LogP contribution in [0, 0.1) is 5.41 Å². The highest BCUT2D eigenvalue weighted by atomic mass is 16.4. The van der Waals surface area contributed by atoms with Crippen LogP contribution in [0.4, 0.5) is 5.69 Å². The number of anilines is 1. The Labute approximate surface area is 145 Å². The second-order valence-corrected chi connectivity index (χ2v) is 5.33. The van der Waals surface area contributed by atoms with E-state index in [-0.39, 0.29) is 24.8 Å². The highest BCUT2D eigenvalue weighted by Crippen LogP contribution is 2.11. The molecule has 0 aliphatic heterocycles. The lowest BCUT2D eigenvalue weighted by Crippen LogP contribution is -2.30. The zero-order valence-corrected chi connectivity index (χ0v) is 13.8. The number of nitrogens with two attached hydrogens (primary N) is 1. The van der Waals surface area contributed by atoms with E-state index in [2.05, 4.69) is 16.0 Å². The number of rotatable bonds is 10. The first kappa shape index (κ1) is 19.9. The fourth-order valence-electron chi connectivity index (χ4n) is 1.98. The molecule has 0 saturated heterocycles. The fraction of sp³-hybridized carbons (Fsp3) is 0.375. The third-order valence-corrected chi connectivity index (χ3v) is 3.18. The zero-order chi connectivity index (χ0) is 18.7. The van der Waals surface area contributed by atoms with Crippen LogP contribution in [-0.2, 0) is 9.59 Å². The summed E-state index contributed by atoms with van der Waals surface area (Å²) in [7, 11) is 0. The topological polar surface area (TPSA) is 157 Å². The predicted octanol–water partition coefficient (Wildman–Crippen LogP) is 0.483. The molecule has 0 bridgehead atoms. The van der Waals surface area contributed by atoms with Gasteiger partial charge in [0.2, 0.25) is 5.91 Å². The first-order chi connectivity index (χ1) is 11.9. The number of carbonyl (C=O) groups excluding carboxylic acids is 2. The highest BCUT2D eigenvalue weighted by Gasteiger charge is 2.08. The van der Waals surface area contributed by atoms with E-state index in [9.17, 15) is 14.4 Å². The van der Waals surface area contributed by atoms with E-state index in [1.165, 1.54) is 6.07 Å². The van der Waals surface area contributed by atoms with Gasteiger partial charge in [0.15, 0.2) is 5.96 Å². The van der Waals surface area contributed by atoms with Crippen LogP contribution in [0.15, 0.2) is 24.3 Å². The number of carboxylic acid groups (broad SMARTS) is 1. The van der Waals surface area contributed by atoms with E-state index in [1.807, 2.05) is 0 Å². The number of carbonyl (C=O) groups is 3. The molecule has 0 saturated carbocycles. The quantitative estimate of drug-likeness (QED) is 0.205. The minimum Gasteiger partial charge on any atom is -0.481 e. The molecule has 25 heavy (non-hydrogen) atoms. The Hall–Kier alpha value is -3.10. The summed E-state index contributed by atoms with van der Waals surface area (Å²) in [5.74, 6) is -1.65. The van der Waals surface area contributed by atoms with Crippen molar-refractivity contribution in [2.24, 2.45) is 5.73 Å². The summed E-state index contributed by atoms with van der Waals surface area (Å²) in [5.41, 5.74) is 5.99. The third-order valence-electron chi connectivity index (χ3n) is 3.18. The first-order valence-corrected chi connectivity index (χ1v) is 7.86. The maximum atomic E-state index is 11.9. The van der Waals surface area contributed by atoms with Gasteiger partial charge in [-0.15, -0.1) is 0 Å². The van der Waals surface area contributed by atoms with E-state index >= 15 is 0 Å². The number of aliphatic carboxylic acids is 1. The van der Waals surface area contributed by atoms with Gasteiger partial charge in [0.1, 0.15) is 0 Å². The van der Waals surface area contributed by atoms with Crippen molar-refractivity contribution in [3.05, 3.63) is 29.8 Å². The molecule has 1 rings (SSSR count). The molecule has 0 fully saturated rings. The minimum atomic E-state index is -0.986. The summed E-state index contributed by atoms with van der Waals surface area (Å²) < 4.78 is 0. The molecule has 136 valence electrons. The summed E-state index contributed by atoms with van der Waals surface area (Å²) in [6, 6.07) is 6.42. The van der Waals surface area contributed by atoms with Crippen LogP contribution < -0.4 is 21.7 Å². The van der Waals surface area contributed by atoms with Gasteiger partial charge >= 0.3 is 5.97 Å². The molecule has 9 heteroatoms. The minimum absolute atomic E-state index is 0.0407. The average Bonchev–Trinajstić information content (AvgIpc) is 2.54. The lowest BCUT2D eigenvalue weighted by Gasteiger charge is -2.08. The summed E-state index contributed by atoms with van der Waals surface area (Å²) >= 11 is 0. The van der Waals surface area contributed by atoms with Gasteiger partial charge in [0.05, 0.1) is 6.42 Å². The van der Waals surface area contributed by atoms with Gasteiger partial charge in [-0.1, -0.05) is 6.07 Å². The zero-order valence-electron chi connectivity index (χ0n) is 13.8. The molecule has 0 aliphatic carbocycles. The number of unbranched alkanes of at least 4 members (excludes halogenated alkanes) is 1. The van der Waals surface area contributed by atoms with Crippen LogP contribution in [0.3, 0.4) is 0 Å². The van der Waals surface area contributed by atoms with Gasteiger partial charge in [-0.05, 0) is 31.0 Å². The van der Waals surface area contributed by atoms with Gasteiger partial charge < -0.3 is 26.8 Å². The molecule has 0 aliphatic rings. The van der Waals surface area contributed by atoms with Gasteiger partial charge in [0.25, 0.3) is 5.91 Å². The van der Waals surface area contributed by atoms with E-state index in [0.29, 0.717) is 37.1 Å². The molecular formula is C16H23N5O4. The Morgan fingerprint density at radius 2 is 1.84 bits per heavy atom. The van der Waals surface area contributed by atoms with Crippen LogP contribution >= 0.6 is 0 Å². The largest absolute Gasteiger partial charge is 0.481 e. The SMILES string of the molecule is N=C(N)NCCCCC(=O)Nc1cccc(C(=O)NCCC(=O)O)c1. The number of hydrogen-bond acceptors (Lipinski definition) is 4. The Bertz CT molecular complexity index is 633. The standard InChI is InChI=1S/C16H23N5O4/c17-16(18)20-8-2-1-6-13(22)21-12-5-3-4-11(10-12)15(25)19-9-7-14(23)24/h3-5,10H,1-2,6-9H2,(H,19,25)(H,21,22)(H,23,24)(H4,17,18,20). The Morgan fingerprint density at radius 1 is 1.08 bits per heavy atom. The summed E-state index contributed by atoms with van der Waals surface area (Å²) in [6.45, 7) is 0.577. The van der Waals surface area contributed by atoms with Crippen LogP contribution in [0.2, 0.25) is 0 Å². The lowest BCUT2D eigenvalue weighted by atomic mass is 10.1. The van der Waals surface area contributed by atoms with Crippen molar-refractivity contribution < 1.29 is 19.5 Å². The van der Waals surface area contributed by atoms with Crippen LogP contribution in [0.25, 0.3) is 0 Å². The number of nitrogens with one attached hydrogen (secondary N) is 4. The molecule has 9 nitrogen and oxygen atoms in total. The molecule has 0 spiro atoms. The smallest absolute Gasteiger partial charge is 0.305 e. The van der Waals surface area contributed by atoms with Crippen molar-refractivity contribution in [3.8, 4) is 0 Å². The van der Waals surface area contributed by atoms with Gasteiger partial charge in [-0.3, -0.25) is 19.8 Å². The van der Waals surface area contributed by atoms with Gasteiger partial charge in [-0.2, -0.15) is 0 Å². The predicted molar refractivity (Wildman–Crippen MR) is 93.4 cm³/mol. The number of hydrogen-bond donors (Lipinski definition) is 6. The second-order valence-electron chi connectivity index (χ2n) is 5.33. The molecule has 1 aromatic carbocycles. The second kappa shape index (κ2) is 10.6. The van der Waals surface area contributed by atoms with Crippen molar-refractivity contribution in [1.82, 2.24) is 10.6 Å². The number of carboxylic acids is 1.